The molecule has 0 bridgehead atoms. The lowest BCUT2D eigenvalue weighted by Gasteiger charge is -2.20. The van der Waals surface area contributed by atoms with Crippen molar-refractivity contribution in [3.05, 3.63) is 77.5 Å². The van der Waals surface area contributed by atoms with Crippen LogP contribution in [0.3, 0.4) is 0 Å². The summed E-state index contributed by atoms with van der Waals surface area (Å²) in [6.07, 6.45) is 5.63. The van der Waals surface area contributed by atoms with Gasteiger partial charge in [0.25, 0.3) is 10.0 Å². The predicted molar refractivity (Wildman–Crippen MR) is 121 cm³/mol. The SMILES string of the molecule is CCC1Cc2cc(F)c(OCCNS(=O)(=O)c3cn(C)cn3)cc2C1Cc1ccccc1. The van der Waals surface area contributed by atoms with E-state index < -0.39 is 15.8 Å². The molecule has 1 N–H and O–H groups in total. The van der Waals surface area contributed by atoms with Crippen molar-refractivity contribution in [1.82, 2.24) is 14.3 Å². The summed E-state index contributed by atoms with van der Waals surface area (Å²) >= 11 is 0. The van der Waals surface area contributed by atoms with Crippen molar-refractivity contribution in [3.63, 3.8) is 0 Å². The number of hydrogen-bond acceptors (Lipinski definition) is 4. The van der Waals surface area contributed by atoms with Gasteiger partial charge in [0.15, 0.2) is 16.6 Å². The lowest BCUT2D eigenvalue weighted by atomic mass is 9.85. The number of halogens is 1. The Morgan fingerprint density at radius 3 is 2.72 bits per heavy atom. The standard InChI is InChI=1S/C24H28FN3O3S/c1-3-18-12-19-13-22(25)23(14-21(19)20(18)11-17-7-5-4-6-8-17)31-10-9-27-32(29,30)24-15-28(2)16-26-24/h4-8,13-16,18,20,27H,3,9-12H2,1-2H3. The van der Waals surface area contributed by atoms with Crippen molar-refractivity contribution in [1.29, 1.82) is 0 Å². The number of fused-ring (bicyclic) bond motifs is 1. The van der Waals surface area contributed by atoms with Crippen LogP contribution in [0.1, 0.15) is 36.0 Å². The average Bonchev–Trinajstić information content (AvgIpc) is 3.36. The fraction of sp³-hybridized carbons (Fsp3) is 0.375. The van der Waals surface area contributed by atoms with Gasteiger partial charge in [-0.25, -0.2) is 22.5 Å². The highest BCUT2D eigenvalue weighted by molar-refractivity contribution is 7.89. The first-order chi connectivity index (χ1) is 15.4. The quantitative estimate of drug-likeness (QED) is 0.496. The van der Waals surface area contributed by atoms with E-state index in [4.69, 9.17) is 4.74 Å². The number of ether oxygens (including phenoxy) is 1. The minimum Gasteiger partial charge on any atom is -0.489 e. The molecule has 0 amide bonds. The summed E-state index contributed by atoms with van der Waals surface area (Å²) < 4.78 is 48.8. The van der Waals surface area contributed by atoms with Gasteiger partial charge in [-0.2, -0.15) is 0 Å². The zero-order valence-electron chi connectivity index (χ0n) is 18.3. The van der Waals surface area contributed by atoms with Crippen molar-refractivity contribution in [2.45, 2.75) is 37.1 Å². The summed E-state index contributed by atoms with van der Waals surface area (Å²) in [7, 11) is -2.03. The molecule has 0 fully saturated rings. The Labute approximate surface area is 188 Å². The van der Waals surface area contributed by atoms with Gasteiger partial charge in [0.1, 0.15) is 6.61 Å². The highest BCUT2D eigenvalue weighted by atomic mass is 32.2. The van der Waals surface area contributed by atoms with Crippen LogP contribution in [0.4, 0.5) is 4.39 Å². The van der Waals surface area contributed by atoms with Gasteiger partial charge in [0.2, 0.25) is 0 Å². The molecule has 0 saturated carbocycles. The van der Waals surface area contributed by atoms with Gasteiger partial charge in [-0.3, -0.25) is 0 Å². The first-order valence-corrected chi connectivity index (χ1v) is 12.3. The molecular weight excluding hydrogens is 429 g/mol. The first kappa shape index (κ1) is 22.5. The van der Waals surface area contributed by atoms with Crippen molar-refractivity contribution in [3.8, 4) is 5.75 Å². The van der Waals surface area contributed by atoms with Crippen LogP contribution >= 0.6 is 0 Å². The van der Waals surface area contributed by atoms with Crippen molar-refractivity contribution >= 4 is 10.0 Å². The second-order valence-electron chi connectivity index (χ2n) is 8.27. The fourth-order valence-electron chi connectivity index (χ4n) is 4.43. The van der Waals surface area contributed by atoms with Crippen LogP contribution in [0.2, 0.25) is 0 Å². The smallest absolute Gasteiger partial charge is 0.259 e. The summed E-state index contributed by atoms with van der Waals surface area (Å²) in [5.74, 6) is 0.523. The number of nitrogens with one attached hydrogen (secondary N) is 1. The molecule has 4 rings (SSSR count). The maximum absolute atomic E-state index is 14.7. The predicted octanol–water partition coefficient (Wildman–Crippen LogP) is 3.83. The third-order valence-electron chi connectivity index (χ3n) is 6.08. The van der Waals surface area contributed by atoms with E-state index in [1.54, 1.807) is 23.7 Å². The second-order valence-corrected chi connectivity index (χ2v) is 9.99. The number of aromatic nitrogens is 2. The molecule has 8 heteroatoms. The molecule has 0 radical (unpaired) electrons. The zero-order chi connectivity index (χ0) is 22.7. The topological polar surface area (TPSA) is 73.2 Å². The summed E-state index contributed by atoms with van der Waals surface area (Å²) in [6, 6.07) is 13.7. The van der Waals surface area contributed by atoms with Gasteiger partial charge >= 0.3 is 0 Å². The van der Waals surface area contributed by atoms with E-state index in [9.17, 15) is 12.8 Å². The van der Waals surface area contributed by atoms with Crippen LogP contribution < -0.4 is 9.46 Å². The maximum atomic E-state index is 14.7. The zero-order valence-corrected chi connectivity index (χ0v) is 19.1. The van der Waals surface area contributed by atoms with Gasteiger partial charge < -0.3 is 9.30 Å². The molecular formula is C24H28FN3O3S. The molecule has 0 aliphatic heterocycles. The minimum atomic E-state index is -3.72. The lowest BCUT2D eigenvalue weighted by molar-refractivity contribution is 0.305. The molecule has 1 aliphatic rings. The molecule has 1 heterocycles. The Hall–Kier alpha value is -2.71. The van der Waals surface area contributed by atoms with Gasteiger partial charge in [-0.15, -0.1) is 0 Å². The Morgan fingerprint density at radius 2 is 2.03 bits per heavy atom. The number of nitrogens with zero attached hydrogens (tertiary/aromatic N) is 2. The highest BCUT2D eigenvalue weighted by Gasteiger charge is 2.32. The van der Waals surface area contributed by atoms with Crippen molar-refractivity contribution in [2.75, 3.05) is 13.2 Å². The minimum absolute atomic E-state index is 0.0143. The summed E-state index contributed by atoms with van der Waals surface area (Å²) in [5.41, 5.74) is 3.43. The number of sulfonamides is 1. The average molecular weight is 458 g/mol. The Balaban J connectivity index is 1.44. The van der Waals surface area contributed by atoms with Crippen LogP contribution in [-0.4, -0.2) is 31.1 Å². The lowest BCUT2D eigenvalue weighted by Crippen LogP contribution is -2.28. The van der Waals surface area contributed by atoms with Gasteiger partial charge in [-0.1, -0.05) is 43.7 Å². The molecule has 0 saturated heterocycles. The molecule has 2 aromatic carbocycles. The highest BCUT2D eigenvalue weighted by Crippen LogP contribution is 2.43. The normalized spacial score (nSPS) is 18.0. The van der Waals surface area contributed by atoms with Crippen LogP contribution in [0, 0.1) is 11.7 Å². The summed E-state index contributed by atoms with van der Waals surface area (Å²) in [6.45, 7) is 2.21. The van der Waals surface area contributed by atoms with Gasteiger partial charge in [0, 0.05) is 19.8 Å². The van der Waals surface area contributed by atoms with E-state index >= 15 is 0 Å². The molecule has 2 unspecified atom stereocenters. The molecule has 0 spiro atoms. The third kappa shape index (κ3) is 4.86. The van der Waals surface area contributed by atoms with E-state index in [0.29, 0.717) is 11.8 Å². The molecule has 3 aromatic rings. The van der Waals surface area contributed by atoms with Crippen molar-refractivity contribution in [2.24, 2.45) is 13.0 Å². The van der Waals surface area contributed by atoms with Crippen LogP contribution in [0.25, 0.3) is 0 Å². The molecule has 6 nitrogen and oxygen atoms in total. The number of hydrogen-bond donors (Lipinski definition) is 1. The second kappa shape index (κ2) is 9.42. The van der Waals surface area contributed by atoms with Gasteiger partial charge in [-0.05, 0) is 53.5 Å². The molecule has 2 atom stereocenters. The number of benzene rings is 2. The summed E-state index contributed by atoms with van der Waals surface area (Å²) in [4.78, 5) is 3.85. The van der Waals surface area contributed by atoms with E-state index in [0.717, 1.165) is 30.4 Å². The Kier molecular flexibility index (Phi) is 6.62. The van der Waals surface area contributed by atoms with Crippen LogP contribution in [-0.2, 0) is 29.9 Å². The van der Waals surface area contributed by atoms with E-state index in [1.807, 2.05) is 18.2 Å². The molecule has 32 heavy (non-hydrogen) atoms. The first-order valence-electron chi connectivity index (χ1n) is 10.8. The Bertz CT molecular complexity index is 1180. The molecule has 1 aromatic heterocycles. The molecule has 170 valence electrons. The monoisotopic (exact) mass is 457 g/mol. The largest absolute Gasteiger partial charge is 0.489 e. The summed E-state index contributed by atoms with van der Waals surface area (Å²) in [5, 5.41) is -0.0573. The maximum Gasteiger partial charge on any atom is 0.259 e. The van der Waals surface area contributed by atoms with E-state index in [2.05, 4.69) is 28.8 Å². The Morgan fingerprint density at radius 1 is 1.25 bits per heavy atom. The number of aryl methyl sites for hydroxylation is 1. The third-order valence-corrected chi connectivity index (χ3v) is 7.42. The van der Waals surface area contributed by atoms with E-state index in [1.165, 1.54) is 18.1 Å². The van der Waals surface area contributed by atoms with Gasteiger partial charge in [0.05, 0.1) is 6.33 Å². The van der Waals surface area contributed by atoms with Crippen LogP contribution in [0.5, 0.6) is 5.75 Å². The van der Waals surface area contributed by atoms with Crippen LogP contribution in [0.15, 0.2) is 60.0 Å². The number of rotatable bonds is 9. The van der Waals surface area contributed by atoms with Crippen molar-refractivity contribution < 1.29 is 17.5 Å². The number of imidazole rings is 1. The fourth-order valence-corrected chi connectivity index (χ4v) is 5.42. The van der Waals surface area contributed by atoms with E-state index in [-0.39, 0.29) is 23.9 Å². The molecule has 1 aliphatic carbocycles.